The number of ether oxygens (including phenoxy) is 13. The number of carbonyl (C=O) groups is 3. The Balaban J connectivity index is 1.30. The summed E-state index contributed by atoms with van der Waals surface area (Å²) < 4.78 is 77.0. The fraction of sp³-hybridized carbons (Fsp3) is 0.936. The Kier molecular flexibility index (Phi) is 24.8. The maximum absolute atomic E-state index is 12.9. The van der Waals surface area contributed by atoms with E-state index < -0.39 is 273 Å². The zero-order chi connectivity index (χ0) is 62.6. The minimum atomic E-state index is -2.34. The lowest BCUT2D eigenvalue weighted by molar-refractivity contribution is -0.410. The van der Waals surface area contributed by atoms with Crippen LogP contribution in [0.25, 0.3) is 0 Å². The van der Waals surface area contributed by atoms with Gasteiger partial charge in [-0.05, 0) is 0 Å². The van der Waals surface area contributed by atoms with Gasteiger partial charge in [0.1, 0.15) is 165 Å². The molecule has 0 radical (unpaired) electrons. The molecule has 85 heavy (non-hydrogen) atoms. The van der Waals surface area contributed by atoms with E-state index in [2.05, 4.69) is 16.0 Å². The molecule has 492 valence electrons. The van der Waals surface area contributed by atoms with Crippen LogP contribution in [-0.4, -0.2) is 370 Å². The topological polar surface area (TPSA) is 592 Å². The van der Waals surface area contributed by atoms with Gasteiger partial charge in [-0.3, -0.25) is 14.4 Å². The van der Waals surface area contributed by atoms with Crippen molar-refractivity contribution >= 4 is 17.7 Å². The molecular weight excluding hydrogens is 1170 g/mol. The Morgan fingerprint density at radius 2 is 0.741 bits per heavy atom. The Bertz CT molecular complexity index is 2130. The number of aliphatic hydroxyl groups excluding tert-OH is 19. The predicted octanol–water partition coefficient (Wildman–Crippen LogP) is -15.2. The Morgan fingerprint density at radius 3 is 1.29 bits per heavy atom. The van der Waals surface area contributed by atoms with Crippen molar-refractivity contribution in [1.29, 1.82) is 0 Å². The van der Waals surface area contributed by atoms with Crippen molar-refractivity contribution < 1.29 is 173 Å². The lowest BCUT2D eigenvalue weighted by Gasteiger charge is -2.52. The van der Waals surface area contributed by atoms with E-state index in [0.29, 0.717) is 0 Å². The van der Waals surface area contributed by atoms with Gasteiger partial charge in [-0.15, -0.1) is 0 Å². The van der Waals surface area contributed by atoms with Gasteiger partial charge in [0.15, 0.2) is 44.0 Å². The van der Waals surface area contributed by atoms with E-state index in [4.69, 9.17) is 61.6 Å². The van der Waals surface area contributed by atoms with E-state index >= 15 is 0 Å². The van der Waals surface area contributed by atoms with Crippen molar-refractivity contribution in [3.05, 3.63) is 0 Å². The average molecular weight is 1250 g/mol. The molecule has 7 fully saturated rings. The van der Waals surface area contributed by atoms with E-state index in [9.17, 15) is 111 Å². The second kappa shape index (κ2) is 30.3. The van der Waals surface area contributed by atoms with E-state index in [0.717, 1.165) is 20.8 Å². The molecule has 0 aromatic rings. The van der Waals surface area contributed by atoms with Crippen LogP contribution in [0.3, 0.4) is 0 Å². The van der Waals surface area contributed by atoms with Gasteiger partial charge >= 0.3 is 0 Å². The average Bonchev–Trinajstić information content (AvgIpc) is 2.21. The normalized spacial score (nSPS) is 48.9. The summed E-state index contributed by atoms with van der Waals surface area (Å²) in [5, 5.41) is 214. The fourth-order valence-corrected chi connectivity index (χ4v) is 10.8. The SMILES string of the molecule is CC(=O)N[C@H]1[C@H](O[C@H]2[C@H](O)[C@@H](NC(C)=O)C(O)O[C@@H]2CO)O[C@H](CO)[C@@H](O[C@@H]2O[C@H](CO[C@H]3O[C@H](CO)[C@@H](O)[C@H](O)[C@@H]3O)[C@@H](O)[C@H](O[C@H]3O[C@H](CO)[C@@H](O)[C@H](O)[C@@H]3O[C@@H]3O[C@H](CO)[C@H](O)[C@H](O)[C@H]3NC(C)=O)[C@@H]2O[C@@H]2OC[C@@H](O)[C@H](O)[C@H]2O)[C@@H]1O. The van der Waals surface area contributed by atoms with Crippen molar-refractivity contribution in [1.82, 2.24) is 16.0 Å². The first-order chi connectivity index (χ1) is 40.2. The molecule has 1 unspecified atom stereocenters. The minimum absolute atomic E-state index is 0.752. The molecule has 0 spiro atoms. The monoisotopic (exact) mass is 1250 g/mol. The molecule has 3 amide bonds. The number of rotatable bonds is 21. The number of nitrogens with one attached hydrogen (secondary N) is 3. The van der Waals surface area contributed by atoms with Crippen LogP contribution < -0.4 is 16.0 Å². The minimum Gasteiger partial charge on any atom is -0.394 e. The summed E-state index contributed by atoms with van der Waals surface area (Å²) in [4.78, 5) is 37.3. The van der Waals surface area contributed by atoms with E-state index in [1.807, 2.05) is 0 Å². The highest BCUT2D eigenvalue weighted by Crippen LogP contribution is 2.39. The largest absolute Gasteiger partial charge is 0.394 e. The lowest BCUT2D eigenvalue weighted by atomic mass is 9.93. The first-order valence-electron chi connectivity index (χ1n) is 27.0. The summed E-state index contributed by atoms with van der Waals surface area (Å²) in [6.07, 6.45) is -62.3. The summed E-state index contributed by atoms with van der Waals surface area (Å²) in [5.74, 6) is -2.49. The first kappa shape index (κ1) is 69.6. The van der Waals surface area contributed by atoms with Gasteiger partial charge in [0.2, 0.25) is 17.7 Å². The summed E-state index contributed by atoms with van der Waals surface area (Å²) in [6.45, 7) is -3.87. The highest BCUT2D eigenvalue weighted by atomic mass is 16.8. The molecule has 7 aliphatic rings. The van der Waals surface area contributed by atoms with Gasteiger partial charge in [0, 0.05) is 20.8 Å². The standard InChI is InChI=1S/C47H79N3O35/c1-11(56)48-21-30(66)36(18(7-54)75-41(21)72)81-43-23(50-13(3)58)31(67)37(19(8-55)79-43)82-47-40(85-45-34(70)24(60)14(59)9-73-45)38(28(64)20(80-47)10-74-44-35(71)32(68)26(62)16(5-52)77-44)83-46-39(33(69)27(63)17(6-53)78-46)84-42-22(49-12(2)57)29(65)25(61)15(4-51)76-42/h14-47,51-55,59-72H,4-10H2,1-3H3,(H,48,56)(H,49,57)(H,50,58)/t14-,15-,16-,17-,18-,19-,20-,21-,22-,23-,24+,25+,26-,27-,28-,29-,30-,31-,32+,33+,34-,35+,36-,37-,38+,39+,40+,41?,42+,43+,44+,45+,46-,47+/m1/s1. The molecular formula is C47H79N3O35. The van der Waals surface area contributed by atoms with Crippen LogP contribution in [0.5, 0.6) is 0 Å². The maximum atomic E-state index is 12.9. The number of hydrogen-bond donors (Lipinski definition) is 22. The summed E-state index contributed by atoms with van der Waals surface area (Å²) >= 11 is 0. The predicted molar refractivity (Wildman–Crippen MR) is 261 cm³/mol. The molecule has 0 aromatic carbocycles. The molecule has 22 N–H and O–H groups in total. The van der Waals surface area contributed by atoms with Crippen molar-refractivity contribution in [3.8, 4) is 0 Å². The summed E-state index contributed by atoms with van der Waals surface area (Å²) in [7, 11) is 0. The number of hydrogen-bond acceptors (Lipinski definition) is 35. The number of carbonyl (C=O) groups excluding carboxylic acids is 3. The van der Waals surface area contributed by atoms with Gasteiger partial charge < -0.3 is 175 Å². The highest BCUT2D eigenvalue weighted by Gasteiger charge is 2.59. The first-order valence-corrected chi connectivity index (χ1v) is 27.0. The van der Waals surface area contributed by atoms with Gasteiger partial charge in [-0.25, -0.2) is 0 Å². The van der Waals surface area contributed by atoms with Crippen LogP contribution in [0.15, 0.2) is 0 Å². The van der Waals surface area contributed by atoms with Gasteiger partial charge in [0.05, 0.1) is 46.2 Å². The van der Waals surface area contributed by atoms with Crippen LogP contribution in [0.4, 0.5) is 0 Å². The molecule has 0 saturated carbocycles. The third kappa shape index (κ3) is 15.5. The van der Waals surface area contributed by atoms with Crippen molar-refractivity contribution in [2.24, 2.45) is 0 Å². The second-order valence-corrected chi connectivity index (χ2v) is 21.4. The van der Waals surface area contributed by atoms with E-state index in [-0.39, 0.29) is 0 Å². The molecule has 7 heterocycles. The molecule has 0 bridgehead atoms. The Labute approximate surface area is 481 Å². The van der Waals surface area contributed by atoms with Gasteiger partial charge in [-0.2, -0.15) is 0 Å². The van der Waals surface area contributed by atoms with E-state index in [1.165, 1.54) is 0 Å². The molecule has 7 saturated heterocycles. The van der Waals surface area contributed by atoms with Crippen LogP contribution in [-0.2, 0) is 76.0 Å². The smallest absolute Gasteiger partial charge is 0.217 e. The van der Waals surface area contributed by atoms with Crippen molar-refractivity contribution in [2.45, 2.75) is 229 Å². The van der Waals surface area contributed by atoms with Crippen LogP contribution in [0.2, 0.25) is 0 Å². The zero-order valence-electron chi connectivity index (χ0n) is 45.6. The summed E-state index contributed by atoms with van der Waals surface area (Å²) in [5.41, 5.74) is 0. The molecule has 0 aliphatic carbocycles. The van der Waals surface area contributed by atoms with Crippen molar-refractivity contribution in [3.63, 3.8) is 0 Å². The van der Waals surface area contributed by atoms with Gasteiger partial charge in [0.25, 0.3) is 0 Å². The van der Waals surface area contributed by atoms with E-state index in [1.54, 1.807) is 0 Å². The molecule has 7 aliphatic heterocycles. The molecule has 38 heteroatoms. The molecule has 34 atom stereocenters. The third-order valence-electron chi connectivity index (χ3n) is 15.3. The quantitative estimate of drug-likeness (QED) is 0.0507. The molecule has 7 rings (SSSR count). The maximum Gasteiger partial charge on any atom is 0.217 e. The van der Waals surface area contributed by atoms with Crippen LogP contribution in [0.1, 0.15) is 20.8 Å². The van der Waals surface area contributed by atoms with Crippen molar-refractivity contribution in [2.75, 3.05) is 46.2 Å². The fourth-order valence-electron chi connectivity index (χ4n) is 10.8. The Hall–Kier alpha value is -2.87. The van der Waals surface area contributed by atoms with Gasteiger partial charge in [-0.1, -0.05) is 0 Å². The summed E-state index contributed by atoms with van der Waals surface area (Å²) in [6, 6.07) is -5.21. The second-order valence-electron chi connectivity index (χ2n) is 21.4. The zero-order valence-corrected chi connectivity index (χ0v) is 45.6. The highest BCUT2D eigenvalue weighted by molar-refractivity contribution is 5.74. The van der Waals surface area contributed by atoms with Crippen LogP contribution >= 0.6 is 0 Å². The number of amides is 3. The third-order valence-corrected chi connectivity index (χ3v) is 15.3. The number of aliphatic hydroxyl groups is 19. The molecule has 38 nitrogen and oxygen atoms in total. The molecule has 0 aromatic heterocycles. The Morgan fingerprint density at radius 1 is 0.353 bits per heavy atom. The van der Waals surface area contributed by atoms with Crippen LogP contribution in [0, 0.1) is 0 Å². The lowest BCUT2D eigenvalue weighted by Crippen LogP contribution is -2.71.